The average molecular weight is 301 g/mol. The molecule has 0 aromatic heterocycles. The van der Waals surface area contributed by atoms with Crippen LogP contribution in [0, 0.1) is 0 Å². The zero-order chi connectivity index (χ0) is 15.1. The fourth-order valence-corrected chi connectivity index (χ4v) is 3.78. The van der Waals surface area contributed by atoms with Gasteiger partial charge >= 0.3 is 6.09 Å². The molecule has 2 aliphatic heterocycles. The number of rotatable bonds is 2. The molecule has 8 heteroatoms. The lowest BCUT2D eigenvalue weighted by molar-refractivity contribution is -0.136. The van der Waals surface area contributed by atoms with Gasteiger partial charge in [-0.1, -0.05) is 0 Å². The molecule has 3 atom stereocenters. The number of hydrogen-bond acceptors (Lipinski definition) is 5. The molecule has 0 radical (unpaired) electrons. The molecule has 2 aliphatic rings. The highest BCUT2D eigenvalue weighted by molar-refractivity contribution is 8.00. The van der Waals surface area contributed by atoms with Crippen molar-refractivity contribution in [3.8, 4) is 0 Å². The number of alkyl carbamates (subject to hydrolysis) is 1. The smallest absolute Gasteiger partial charge is 0.408 e. The molecule has 3 unspecified atom stereocenters. The van der Waals surface area contributed by atoms with Crippen molar-refractivity contribution in [2.45, 2.75) is 50.3 Å². The first-order valence-corrected chi connectivity index (χ1v) is 7.46. The van der Waals surface area contributed by atoms with Gasteiger partial charge in [-0.3, -0.25) is 9.59 Å². The van der Waals surface area contributed by atoms with E-state index >= 15 is 0 Å². The maximum absolute atomic E-state index is 12.2. The Morgan fingerprint density at radius 3 is 2.65 bits per heavy atom. The average Bonchev–Trinajstić information content (AvgIpc) is 2.78. The Morgan fingerprint density at radius 1 is 1.45 bits per heavy atom. The van der Waals surface area contributed by atoms with E-state index in [1.54, 1.807) is 20.8 Å². The maximum Gasteiger partial charge on any atom is 0.408 e. The van der Waals surface area contributed by atoms with Gasteiger partial charge < -0.3 is 20.7 Å². The van der Waals surface area contributed by atoms with E-state index < -0.39 is 29.7 Å². The number of amides is 3. The van der Waals surface area contributed by atoms with E-state index in [1.165, 1.54) is 16.7 Å². The number of nitrogens with one attached hydrogen (secondary N) is 1. The van der Waals surface area contributed by atoms with Crippen molar-refractivity contribution in [1.82, 2.24) is 10.2 Å². The summed E-state index contributed by atoms with van der Waals surface area (Å²) in [4.78, 5) is 36.7. The lowest BCUT2D eigenvalue weighted by Crippen LogP contribution is -2.49. The van der Waals surface area contributed by atoms with Crippen LogP contribution in [-0.2, 0) is 14.3 Å². The Hall–Kier alpha value is -1.44. The highest BCUT2D eigenvalue weighted by Gasteiger charge is 2.49. The summed E-state index contributed by atoms with van der Waals surface area (Å²) in [6.07, 6.45) is -0.162. The number of nitrogens with zero attached hydrogens (tertiary/aromatic N) is 1. The quantitative estimate of drug-likeness (QED) is 0.750. The number of hydrogen-bond donors (Lipinski definition) is 2. The van der Waals surface area contributed by atoms with Gasteiger partial charge in [0.2, 0.25) is 11.8 Å². The number of carbonyl (C=O) groups is 3. The lowest BCUT2D eigenvalue weighted by Gasteiger charge is -2.22. The number of thioether (sulfide) groups is 1. The predicted molar refractivity (Wildman–Crippen MR) is 73.8 cm³/mol. The molecular weight excluding hydrogens is 282 g/mol. The van der Waals surface area contributed by atoms with E-state index in [4.69, 9.17) is 10.5 Å². The molecule has 0 saturated carbocycles. The second-order valence-corrected chi connectivity index (χ2v) is 7.10. The molecule has 3 amide bonds. The van der Waals surface area contributed by atoms with E-state index in [2.05, 4.69) is 5.32 Å². The van der Waals surface area contributed by atoms with Gasteiger partial charge in [0.25, 0.3) is 0 Å². The Kier molecular flexibility index (Phi) is 3.86. The van der Waals surface area contributed by atoms with Gasteiger partial charge in [-0.2, -0.15) is 0 Å². The standard InChI is InChI=1S/C12H19N3O4S/c1-12(2,3)19-11(18)14-6-4-8-15(10(6)17)7(5-20-8)9(13)16/h6-8H,4-5H2,1-3H3,(H2,13,16)(H,14,18). The number of primary amides is 1. The second kappa shape index (κ2) is 5.16. The van der Waals surface area contributed by atoms with Crippen LogP contribution >= 0.6 is 11.8 Å². The number of carbonyl (C=O) groups excluding carboxylic acids is 3. The van der Waals surface area contributed by atoms with Gasteiger partial charge in [0.15, 0.2) is 0 Å². The van der Waals surface area contributed by atoms with E-state index in [9.17, 15) is 14.4 Å². The van der Waals surface area contributed by atoms with E-state index in [-0.39, 0.29) is 11.3 Å². The van der Waals surface area contributed by atoms with E-state index in [0.29, 0.717) is 12.2 Å². The van der Waals surface area contributed by atoms with Crippen molar-refractivity contribution in [2.75, 3.05) is 5.75 Å². The Labute approximate surface area is 121 Å². The zero-order valence-corrected chi connectivity index (χ0v) is 12.5. The fourth-order valence-electron chi connectivity index (χ4n) is 2.31. The summed E-state index contributed by atoms with van der Waals surface area (Å²) in [5, 5.41) is 2.46. The molecule has 0 spiro atoms. The van der Waals surface area contributed by atoms with Crippen molar-refractivity contribution in [3.63, 3.8) is 0 Å². The van der Waals surface area contributed by atoms with Crippen LogP contribution in [0.15, 0.2) is 0 Å². The van der Waals surface area contributed by atoms with E-state index in [0.717, 1.165) is 0 Å². The summed E-state index contributed by atoms with van der Waals surface area (Å²) >= 11 is 1.51. The third-order valence-corrected chi connectivity index (χ3v) is 4.41. The van der Waals surface area contributed by atoms with Crippen LogP contribution in [0.4, 0.5) is 4.79 Å². The van der Waals surface area contributed by atoms with Gasteiger partial charge in [0.1, 0.15) is 17.7 Å². The van der Waals surface area contributed by atoms with Crippen LogP contribution in [0.5, 0.6) is 0 Å². The molecule has 112 valence electrons. The molecule has 20 heavy (non-hydrogen) atoms. The van der Waals surface area contributed by atoms with Crippen LogP contribution in [-0.4, -0.2) is 51.6 Å². The van der Waals surface area contributed by atoms with Crippen molar-refractivity contribution in [1.29, 1.82) is 0 Å². The third kappa shape index (κ3) is 3.00. The maximum atomic E-state index is 12.2. The molecule has 2 heterocycles. The lowest BCUT2D eigenvalue weighted by atomic mass is 10.2. The van der Waals surface area contributed by atoms with Gasteiger partial charge in [-0.15, -0.1) is 11.8 Å². The number of fused-ring (bicyclic) bond motifs is 1. The minimum absolute atomic E-state index is 0.0973. The summed E-state index contributed by atoms with van der Waals surface area (Å²) in [6.45, 7) is 5.25. The number of ether oxygens (including phenoxy) is 1. The summed E-state index contributed by atoms with van der Waals surface area (Å²) in [5.41, 5.74) is 4.67. The molecule has 2 saturated heterocycles. The first-order valence-electron chi connectivity index (χ1n) is 6.41. The SMILES string of the molecule is CC(C)(C)OC(=O)NC1CC2SCC(C(N)=O)N2C1=O. The van der Waals surface area contributed by atoms with Crippen LogP contribution in [0.1, 0.15) is 27.2 Å². The Morgan fingerprint density at radius 2 is 2.10 bits per heavy atom. The van der Waals surface area contributed by atoms with Gasteiger partial charge in [0, 0.05) is 12.2 Å². The van der Waals surface area contributed by atoms with Crippen LogP contribution < -0.4 is 11.1 Å². The summed E-state index contributed by atoms with van der Waals surface area (Å²) in [6, 6.07) is -1.23. The third-order valence-electron chi connectivity index (χ3n) is 3.10. The van der Waals surface area contributed by atoms with Crippen molar-refractivity contribution in [2.24, 2.45) is 5.73 Å². The van der Waals surface area contributed by atoms with Gasteiger partial charge in [-0.05, 0) is 20.8 Å². The Balaban J connectivity index is 1.98. The van der Waals surface area contributed by atoms with Crippen LogP contribution in [0.25, 0.3) is 0 Å². The minimum Gasteiger partial charge on any atom is -0.444 e. The monoisotopic (exact) mass is 301 g/mol. The largest absolute Gasteiger partial charge is 0.444 e. The second-order valence-electron chi connectivity index (χ2n) is 5.89. The molecule has 0 aromatic carbocycles. The molecule has 0 aliphatic carbocycles. The van der Waals surface area contributed by atoms with Crippen LogP contribution in [0.3, 0.4) is 0 Å². The van der Waals surface area contributed by atoms with Crippen molar-refractivity contribution < 1.29 is 19.1 Å². The topological polar surface area (TPSA) is 102 Å². The number of nitrogens with two attached hydrogens (primary N) is 1. The highest BCUT2D eigenvalue weighted by atomic mass is 32.2. The molecule has 7 nitrogen and oxygen atoms in total. The molecule has 3 N–H and O–H groups in total. The highest BCUT2D eigenvalue weighted by Crippen LogP contribution is 2.37. The normalized spacial score (nSPS) is 29.2. The predicted octanol–water partition coefficient (Wildman–Crippen LogP) is 0.0388. The molecule has 0 aromatic rings. The molecule has 0 bridgehead atoms. The van der Waals surface area contributed by atoms with Gasteiger partial charge in [-0.25, -0.2) is 4.79 Å². The van der Waals surface area contributed by atoms with Crippen LogP contribution in [0.2, 0.25) is 0 Å². The van der Waals surface area contributed by atoms with Gasteiger partial charge in [0.05, 0.1) is 5.37 Å². The van der Waals surface area contributed by atoms with Crippen molar-refractivity contribution in [3.05, 3.63) is 0 Å². The molecule has 2 rings (SSSR count). The first kappa shape index (κ1) is 15.0. The summed E-state index contributed by atoms with van der Waals surface area (Å²) in [7, 11) is 0. The first-order chi connectivity index (χ1) is 9.19. The molecular formula is C12H19N3O4S. The van der Waals surface area contributed by atoms with E-state index in [1.807, 2.05) is 0 Å². The zero-order valence-electron chi connectivity index (χ0n) is 11.7. The summed E-state index contributed by atoms with van der Waals surface area (Å²) in [5.74, 6) is -0.258. The minimum atomic E-state index is -0.649. The molecule has 2 fully saturated rings. The summed E-state index contributed by atoms with van der Waals surface area (Å²) < 4.78 is 5.13. The Bertz CT molecular complexity index is 448. The van der Waals surface area contributed by atoms with Crippen molar-refractivity contribution >= 4 is 29.7 Å². The fraction of sp³-hybridized carbons (Fsp3) is 0.750.